The molecule has 0 radical (unpaired) electrons. The predicted molar refractivity (Wildman–Crippen MR) is 65.3 cm³/mol. The van der Waals surface area contributed by atoms with Gasteiger partial charge in [-0.2, -0.15) is 0 Å². The Bertz CT molecular complexity index is 400. The fourth-order valence-electron chi connectivity index (χ4n) is 2.09. The summed E-state index contributed by atoms with van der Waals surface area (Å²) in [6.45, 7) is 2.07. The molecule has 1 aromatic carbocycles. The second kappa shape index (κ2) is 5.19. The molecule has 4 nitrogen and oxygen atoms in total. The molecule has 1 heterocycles. The van der Waals surface area contributed by atoms with Crippen LogP contribution in [0.15, 0.2) is 29.4 Å². The minimum absolute atomic E-state index is 0.00165. The van der Waals surface area contributed by atoms with Crippen LogP contribution in [0.4, 0.5) is 0 Å². The zero-order valence-corrected chi connectivity index (χ0v) is 10.1. The Balaban J connectivity index is 2.21. The van der Waals surface area contributed by atoms with Gasteiger partial charge in [0.15, 0.2) is 6.10 Å². The number of benzene rings is 1. The van der Waals surface area contributed by atoms with Crippen molar-refractivity contribution in [3.63, 3.8) is 0 Å². The summed E-state index contributed by atoms with van der Waals surface area (Å²) in [6.07, 6.45) is 0.688. The number of ether oxygens (including phenoxy) is 1. The summed E-state index contributed by atoms with van der Waals surface area (Å²) in [4.78, 5) is 5.24. The Kier molecular flexibility index (Phi) is 3.64. The molecule has 0 saturated heterocycles. The Morgan fingerprint density at radius 2 is 2.06 bits per heavy atom. The van der Waals surface area contributed by atoms with Gasteiger partial charge in [-0.1, -0.05) is 12.1 Å². The normalized spacial score (nSPS) is 23.1. The van der Waals surface area contributed by atoms with Gasteiger partial charge in [0.1, 0.15) is 5.75 Å². The van der Waals surface area contributed by atoms with Crippen LogP contribution in [-0.2, 0) is 4.84 Å². The third-order valence-electron chi connectivity index (χ3n) is 3.09. The number of nitrogens with zero attached hydrogens (tertiary/aromatic N) is 1. The van der Waals surface area contributed by atoms with Gasteiger partial charge < -0.3 is 14.7 Å². The summed E-state index contributed by atoms with van der Waals surface area (Å²) in [5.41, 5.74) is 1.93. The summed E-state index contributed by atoms with van der Waals surface area (Å²) < 4.78 is 5.12. The summed E-state index contributed by atoms with van der Waals surface area (Å²) in [5, 5.41) is 13.3. The van der Waals surface area contributed by atoms with E-state index in [1.807, 2.05) is 24.3 Å². The minimum atomic E-state index is -0.211. The maximum absolute atomic E-state index is 9.20. The third kappa shape index (κ3) is 2.26. The quantitative estimate of drug-likeness (QED) is 0.866. The second-order valence-electron chi connectivity index (χ2n) is 4.05. The van der Waals surface area contributed by atoms with Gasteiger partial charge in [-0.15, -0.1) is 0 Å². The smallest absolute Gasteiger partial charge is 0.158 e. The minimum Gasteiger partial charge on any atom is -0.497 e. The molecule has 2 atom stereocenters. The van der Waals surface area contributed by atoms with Crippen LogP contribution >= 0.6 is 0 Å². The average molecular weight is 235 g/mol. The van der Waals surface area contributed by atoms with Crippen LogP contribution in [0, 0.1) is 5.92 Å². The van der Waals surface area contributed by atoms with E-state index in [9.17, 15) is 5.11 Å². The number of aliphatic hydroxyl groups is 1. The number of hydrogen-bond acceptors (Lipinski definition) is 4. The second-order valence-corrected chi connectivity index (χ2v) is 4.05. The molecular weight excluding hydrogens is 218 g/mol. The van der Waals surface area contributed by atoms with Crippen molar-refractivity contribution in [3.05, 3.63) is 29.8 Å². The highest BCUT2D eigenvalue weighted by molar-refractivity contribution is 6.03. The van der Waals surface area contributed by atoms with Gasteiger partial charge in [-0.25, -0.2) is 0 Å². The number of methoxy groups -OCH3 is 1. The molecule has 0 aliphatic carbocycles. The SMILES string of the molecule is CC[C@H]1C(c2ccc(OC)cc2)=NO[C@H]1CO. The average Bonchev–Trinajstić information content (AvgIpc) is 2.81. The van der Waals surface area contributed by atoms with E-state index in [0.717, 1.165) is 23.4 Å². The van der Waals surface area contributed by atoms with E-state index in [-0.39, 0.29) is 18.6 Å². The van der Waals surface area contributed by atoms with E-state index in [4.69, 9.17) is 9.57 Å². The van der Waals surface area contributed by atoms with Crippen LogP contribution in [0.1, 0.15) is 18.9 Å². The lowest BCUT2D eigenvalue weighted by Crippen LogP contribution is -2.26. The first-order valence-corrected chi connectivity index (χ1v) is 5.79. The Morgan fingerprint density at radius 3 is 2.59 bits per heavy atom. The lowest BCUT2D eigenvalue weighted by molar-refractivity contribution is 0.0172. The van der Waals surface area contributed by atoms with Gasteiger partial charge in [-0.05, 0) is 36.2 Å². The van der Waals surface area contributed by atoms with Crippen molar-refractivity contribution in [3.8, 4) is 5.75 Å². The molecule has 92 valence electrons. The standard InChI is InChI=1S/C13H17NO3/c1-3-11-12(8-15)17-14-13(11)9-4-6-10(16-2)7-5-9/h4-7,11-12,15H,3,8H2,1-2H3/t11-,12+/m1/s1. The van der Waals surface area contributed by atoms with Crippen LogP contribution in [0.2, 0.25) is 0 Å². The lowest BCUT2D eigenvalue weighted by Gasteiger charge is -2.14. The molecule has 1 N–H and O–H groups in total. The van der Waals surface area contributed by atoms with Crippen molar-refractivity contribution in [2.45, 2.75) is 19.4 Å². The van der Waals surface area contributed by atoms with Crippen molar-refractivity contribution in [1.82, 2.24) is 0 Å². The Morgan fingerprint density at radius 1 is 1.35 bits per heavy atom. The van der Waals surface area contributed by atoms with Crippen molar-refractivity contribution in [1.29, 1.82) is 0 Å². The number of rotatable bonds is 4. The van der Waals surface area contributed by atoms with E-state index < -0.39 is 0 Å². The van der Waals surface area contributed by atoms with Crippen molar-refractivity contribution < 1.29 is 14.7 Å². The van der Waals surface area contributed by atoms with Gasteiger partial charge >= 0.3 is 0 Å². The molecule has 1 aliphatic rings. The molecular formula is C13H17NO3. The Labute approximate surface area is 101 Å². The lowest BCUT2D eigenvalue weighted by atomic mass is 9.90. The summed E-state index contributed by atoms with van der Waals surface area (Å²) >= 11 is 0. The summed E-state index contributed by atoms with van der Waals surface area (Å²) in [7, 11) is 1.64. The van der Waals surface area contributed by atoms with Crippen molar-refractivity contribution in [2.75, 3.05) is 13.7 Å². The van der Waals surface area contributed by atoms with Crippen LogP contribution in [0.25, 0.3) is 0 Å². The van der Waals surface area contributed by atoms with E-state index in [1.54, 1.807) is 7.11 Å². The van der Waals surface area contributed by atoms with Crippen LogP contribution < -0.4 is 4.74 Å². The van der Waals surface area contributed by atoms with Crippen molar-refractivity contribution >= 4 is 5.71 Å². The van der Waals surface area contributed by atoms with Gasteiger partial charge in [0, 0.05) is 5.92 Å². The number of oxime groups is 1. The fourth-order valence-corrected chi connectivity index (χ4v) is 2.09. The highest BCUT2D eigenvalue weighted by Gasteiger charge is 2.32. The van der Waals surface area contributed by atoms with Crippen LogP contribution in [0.3, 0.4) is 0 Å². The van der Waals surface area contributed by atoms with Crippen molar-refractivity contribution in [2.24, 2.45) is 11.1 Å². The van der Waals surface area contributed by atoms with Gasteiger partial charge in [0.05, 0.1) is 19.4 Å². The monoisotopic (exact) mass is 235 g/mol. The molecule has 2 rings (SSSR count). The summed E-state index contributed by atoms with van der Waals surface area (Å²) in [6, 6.07) is 7.72. The fraction of sp³-hybridized carbons (Fsp3) is 0.462. The zero-order valence-electron chi connectivity index (χ0n) is 10.1. The predicted octanol–water partition coefficient (Wildman–Crippen LogP) is 1.82. The number of hydrogen-bond donors (Lipinski definition) is 1. The zero-order chi connectivity index (χ0) is 12.3. The third-order valence-corrected chi connectivity index (χ3v) is 3.09. The molecule has 1 aromatic rings. The van der Waals surface area contributed by atoms with E-state index in [2.05, 4.69) is 12.1 Å². The van der Waals surface area contributed by atoms with Gasteiger partial charge in [-0.3, -0.25) is 0 Å². The summed E-state index contributed by atoms with van der Waals surface area (Å²) in [5.74, 6) is 0.980. The van der Waals surface area contributed by atoms with Gasteiger partial charge in [0.25, 0.3) is 0 Å². The molecule has 0 unspecified atom stereocenters. The number of aliphatic hydroxyl groups excluding tert-OH is 1. The Hall–Kier alpha value is -1.55. The molecule has 0 saturated carbocycles. The first kappa shape index (κ1) is 11.9. The maximum atomic E-state index is 9.20. The molecule has 1 aliphatic heterocycles. The van der Waals surface area contributed by atoms with E-state index >= 15 is 0 Å². The largest absolute Gasteiger partial charge is 0.497 e. The highest BCUT2D eigenvalue weighted by atomic mass is 16.6. The van der Waals surface area contributed by atoms with E-state index in [1.165, 1.54) is 0 Å². The molecule has 0 bridgehead atoms. The molecule has 4 heteroatoms. The maximum Gasteiger partial charge on any atom is 0.158 e. The molecule has 0 fully saturated rings. The highest BCUT2D eigenvalue weighted by Crippen LogP contribution is 2.26. The molecule has 0 amide bonds. The first-order chi connectivity index (χ1) is 8.30. The van der Waals surface area contributed by atoms with Crippen LogP contribution in [-0.4, -0.2) is 30.6 Å². The molecule has 17 heavy (non-hydrogen) atoms. The molecule has 0 spiro atoms. The van der Waals surface area contributed by atoms with Crippen LogP contribution in [0.5, 0.6) is 5.75 Å². The topological polar surface area (TPSA) is 51.0 Å². The van der Waals surface area contributed by atoms with Gasteiger partial charge in [0.2, 0.25) is 0 Å². The van der Waals surface area contributed by atoms with E-state index in [0.29, 0.717) is 0 Å². The first-order valence-electron chi connectivity index (χ1n) is 5.79. The molecule has 0 aromatic heterocycles.